The Morgan fingerprint density at radius 3 is 2.61 bits per heavy atom. The van der Waals surface area contributed by atoms with Gasteiger partial charge < -0.3 is 4.74 Å². The van der Waals surface area contributed by atoms with E-state index in [1.165, 1.54) is 25.7 Å². The second-order valence-corrected chi connectivity index (χ2v) is 10.3. The molecular formula is C18H28O4S. The van der Waals surface area contributed by atoms with Gasteiger partial charge in [0.1, 0.15) is 5.60 Å². The van der Waals surface area contributed by atoms with E-state index in [0.717, 1.165) is 18.3 Å². The molecule has 130 valence electrons. The average molecular weight is 340 g/mol. The lowest BCUT2D eigenvalue weighted by molar-refractivity contribution is -0.156. The predicted octanol–water partition coefficient (Wildman–Crippen LogP) is 3.13. The van der Waals surface area contributed by atoms with Crippen molar-refractivity contribution >= 4 is 15.8 Å². The molecule has 0 amide bonds. The van der Waals surface area contributed by atoms with E-state index < -0.39 is 15.4 Å². The van der Waals surface area contributed by atoms with Crippen molar-refractivity contribution in [3.8, 4) is 0 Å². The third kappa shape index (κ3) is 3.98. The molecule has 5 atom stereocenters. The fourth-order valence-electron chi connectivity index (χ4n) is 4.88. The number of sulfone groups is 1. The molecule has 2 bridgehead atoms. The number of carbonyl (C=O) groups is 1. The first-order chi connectivity index (χ1) is 10.8. The largest absolute Gasteiger partial charge is 0.455 e. The Morgan fingerprint density at radius 1 is 1.30 bits per heavy atom. The Bertz CT molecular complexity index is 582. The van der Waals surface area contributed by atoms with Gasteiger partial charge in [-0.15, -0.1) is 0 Å². The third-order valence-corrected chi connectivity index (χ3v) is 7.95. The lowest BCUT2D eigenvalue weighted by Gasteiger charge is -2.32. The molecule has 0 radical (unpaired) electrons. The van der Waals surface area contributed by atoms with Crippen LogP contribution in [-0.2, 0) is 19.4 Å². The number of fused-ring (bicyclic) bond motifs is 2. The summed E-state index contributed by atoms with van der Waals surface area (Å²) in [5.74, 6) is 2.27. The van der Waals surface area contributed by atoms with E-state index in [0.29, 0.717) is 12.3 Å². The summed E-state index contributed by atoms with van der Waals surface area (Å²) in [6, 6.07) is 0. The Morgan fingerprint density at radius 2 is 2.09 bits per heavy atom. The highest BCUT2D eigenvalue weighted by molar-refractivity contribution is 7.91. The van der Waals surface area contributed by atoms with Gasteiger partial charge in [0.2, 0.25) is 0 Å². The number of ether oxygens (including phenoxy) is 1. The molecule has 3 fully saturated rings. The molecule has 3 rings (SSSR count). The van der Waals surface area contributed by atoms with E-state index in [1.807, 2.05) is 6.92 Å². The molecule has 0 aromatic heterocycles. The lowest BCUT2D eigenvalue weighted by atomic mass is 9.81. The van der Waals surface area contributed by atoms with E-state index in [9.17, 15) is 13.2 Å². The summed E-state index contributed by atoms with van der Waals surface area (Å²) in [4.78, 5) is 12.3. The molecule has 5 heteroatoms. The molecule has 0 aromatic carbocycles. The maximum Gasteiger partial charge on any atom is 0.306 e. The minimum Gasteiger partial charge on any atom is -0.455 e. The number of rotatable bonds is 6. The van der Waals surface area contributed by atoms with Gasteiger partial charge in [-0.3, -0.25) is 4.79 Å². The molecule has 0 spiro atoms. The van der Waals surface area contributed by atoms with Gasteiger partial charge in [-0.1, -0.05) is 13.0 Å². The number of hydrogen-bond acceptors (Lipinski definition) is 4. The fourth-order valence-corrected chi connectivity index (χ4v) is 6.75. The van der Waals surface area contributed by atoms with Crippen LogP contribution in [0.1, 0.15) is 51.9 Å². The first-order valence-electron chi connectivity index (χ1n) is 8.84. The molecule has 3 aliphatic rings. The van der Waals surface area contributed by atoms with Crippen molar-refractivity contribution in [3.63, 3.8) is 0 Å². The monoisotopic (exact) mass is 340 g/mol. The molecule has 1 aliphatic heterocycles. The van der Waals surface area contributed by atoms with Crippen LogP contribution in [0.2, 0.25) is 0 Å². The zero-order valence-corrected chi connectivity index (χ0v) is 14.8. The average Bonchev–Trinajstić information content (AvgIpc) is 3.14. The van der Waals surface area contributed by atoms with Gasteiger partial charge in [-0.25, -0.2) is 8.42 Å². The topological polar surface area (TPSA) is 60.4 Å². The van der Waals surface area contributed by atoms with Crippen molar-refractivity contribution in [2.45, 2.75) is 57.5 Å². The van der Waals surface area contributed by atoms with Crippen LogP contribution in [0.4, 0.5) is 0 Å². The SMILES string of the molecule is C=C[C@](C)(C[C@@H]1C[C@H]2CC[C@H]1C2)OC(=O)C[C@H]1CCS(=O)(=O)C1. The van der Waals surface area contributed by atoms with Crippen LogP contribution >= 0.6 is 0 Å². The molecular weight excluding hydrogens is 312 g/mol. The van der Waals surface area contributed by atoms with Crippen LogP contribution in [-0.4, -0.2) is 31.5 Å². The molecule has 2 aliphatic carbocycles. The van der Waals surface area contributed by atoms with Crippen molar-refractivity contribution in [2.24, 2.45) is 23.7 Å². The summed E-state index contributed by atoms with van der Waals surface area (Å²) >= 11 is 0. The molecule has 1 saturated heterocycles. The van der Waals surface area contributed by atoms with Crippen molar-refractivity contribution in [1.82, 2.24) is 0 Å². The summed E-state index contributed by atoms with van der Waals surface area (Å²) in [5, 5.41) is 0. The number of hydrogen-bond donors (Lipinski definition) is 0. The molecule has 0 unspecified atom stereocenters. The Hall–Kier alpha value is -0.840. The van der Waals surface area contributed by atoms with Gasteiger partial charge in [0.25, 0.3) is 0 Å². The van der Waals surface area contributed by atoms with Crippen molar-refractivity contribution in [1.29, 1.82) is 0 Å². The number of esters is 1. The van der Waals surface area contributed by atoms with Crippen LogP contribution in [0.5, 0.6) is 0 Å². The molecule has 0 aromatic rings. The summed E-state index contributed by atoms with van der Waals surface area (Å²) < 4.78 is 28.7. The highest BCUT2D eigenvalue weighted by Gasteiger charge is 2.43. The van der Waals surface area contributed by atoms with E-state index in [1.54, 1.807) is 6.08 Å². The third-order valence-electron chi connectivity index (χ3n) is 6.11. The van der Waals surface area contributed by atoms with E-state index >= 15 is 0 Å². The van der Waals surface area contributed by atoms with Gasteiger partial charge in [-0.05, 0) is 68.8 Å². The number of carbonyl (C=O) groups excluding carboxylic acids is 1. The second-order valence-electron chi connectivity index (χ2n) is 8.10. The fraction of sp³-hybridized carbons (Fsp3) is 0.833. The highest BCUT2D eigenvalue weighted by atomic mass is 32.2. The first kappa shape index (κ1) is 17.0. The minimum absolute atomic E-state index is 0.0796. The molecule has 2 saturated carbocycles. The van der Waals surface area contributed by atoms with Crippen molar-refractivity contribution in [2.75, 3.05) is 11.5 Å². The summed E-state index contributed by atoms with van der Waals surface area (Å²) in [7, 11) is -2.94. The first-order valence-corrected chi connectivity index (χ1v) is 10.7. The summed E-state index contributed by atoms with van der Waals surface area (Å²) in [6.07, 6.45) is 8.67. The standard InChI is InChI=1S/C18H28O4S/c1-3-18(2,11-16-9-13-4-5-15(16)8-13)22-17(19)10-14-6-7-23(20,21)12-14/h3,13-16H,1,4-12H2,2H3/t13-,14+,15-,16-,18+/m0/s1. The highest BCUT2D eigenvalue weighted by Crippen LogP contribution is 2.51. The van der Waals surface area contributed by atoms with Crippen molar-refractivity contribution in [3.05, 3.63) is 12.7 Å². The zero-order valence-electron chi connectivity index (χ0n) is 14.0. The van der Waals surface area contributed by atoms with Gasteiger partial charge in [0, 0.05) is 6.42 Å². The Labute approximate surface area is 139 Å². The van der Waals surface area contributed by atoms with Gasteiger partial charge in [0.15, 0.2) is 9.84 Å². The molecule has 1 heterocycles. The van der Waals surface area contributed by atoms with Crippen molar-refractivity contribution < 1.29 is 17.9 Å². The van der Waals surface area contributed by atoms with Gasteiger partial charge >= 0.3 is 5.97 Å². The van der Waals surface area contributed by atoms with Gasteiger partial charge in [0.05, 0.1) is 11.5 Å². The maximum absolute atomic E-state index is 12.3. The second kappa shape index (κ2) is 6.23. The smallest absolute Gasteiger partial charge is 0.306 e. The quantitative estimate of drug-likeness (QED) is 0.550. The minimum atomic E-state index is -2.94. The summed E-state index contributed by atoms with van der Waals surface area (Å²) in [5.41, 5.74) is -0.621. The lowest BCUT2D eigenvalue weighted by Crippen LogP contribution is -2.34. The van der Waals surface area contributed by atoms with Crippen LogP contribution in [0.25, 0.3) is 0 Å². The van der Waals surface area contributed by atoms with Crippen LogP contribution in [0, 0.1) is 23.7 Å². The van der Waals surface area contributed by atoms with Crippen LogP contribution in [0.15, 0.2) is 12.7 Å². The molecule has 4 nitrogen and oxygen atoms in total. The Balaban J connectivity index is 1.53. The molecule has 23 heavy (non-hydrogen) atoms. The van der Waals surface area contributed by atoms with Gasteiger partial charge in [-0.2, -0.15) is 0 Å². The predicted molar refractivity (Wildman–Crippen MR) is 89.6 cm³/mol. The van der Waals surface area contributed by atoms with E-state index in [4.69, 9.17) is 4.74 Å². The zero-order chi connectivity index (χ0) is 16.7. The molecule has 0 N–H and O–H groups in total. The van der Waals surface area contributed by atoms with Crippen LogP contribution < -0.4 is 0 Å². The van der Waals surface area contributed by atoms with Crippen LogP contribution in [0.3, 0.4) is 0 Å². The summed E-state index contributed by atoms with van der Waals surface area (Å²) in [6.45, 7) is 5.81. The van der Waals surface area contributed by atoms with E-state index in [-0.39, 0.29) is 29.8 Å². The Kier molecular flexibility index (Phi) is 4.60. The maximum atomic E-state index is 12.3. The normalized spacial score (nSPS) is 37.4. The van der Waals surface area contributed by atoms with E-state index in [2.05, 4.69) is 6.58 Å².